The average molecular weight is 840 g/mol. The van der Waals surface area contributed by atoms with Gasteiger partial charge in [-0.15, -0.1) is 9.28 Å². The summed E-state index contributed by atoms with van der Waals surface area (Å²) in [4.78, 5) is 44.3. The SMILES string of the molecule is CCCCN(OS(=O)(=O)ON1C(=O)N2C[C@@H]1CC[C@H]2c1cc([C@H]2C[C@@H](N/C(=N\C(=O)OC(C)(C)C)NC(=O)OC(C)(C)C)C2)on1)C(CCC)(CCCC)CCCC. The highest BCUT2D eigenvalue weighted by molar-refractivity contribution is 7.81. The highest BCUT2D eigenvalue weighted by Crippen LogP contribution is 2.42. The summed E-state index contributed by atoms with van der Waals surface area (Å²) in [7, 11) is -4.65. The molecule has 2 N–H and O–H groups in total. The number of urea groups is 1. The highest BCUT2D eigenvalue weighted by Gasteiger charge is 2.50. The standard InChI is InChI=1S/C40H69N7O10S/c1-11-15-21-40(20-14-4,22-16-12-2)46(23-17-13-3)56-58(51,52)57-47-30-18-19-32(45(27-30)37(47)50)31-26-33(55-44-31)28-24-29(25-28)41-34(42-35(48)53-38(5,6)7)43-36(49)54-39(8,9)10/h26,28-30,32H,11-25,27H2,1-10H3,(H2,41,42,43,48,49)/t28-,29+,30-,32-/m0/s1. The smallest absolute Gasteiger partial charge is 0.437 e. The Labute approximate surface area is 345 Å². The normalized spacial score (nSPS) is 21.6. The van der Waals surface area contributed by atoms with E-state index < -0.39 is 57.4 Å². The Morgan fingerprint density at radius 2 is 1.57 bits per heavy atom. The third kappa shape index (κ3) is 13.3. The number of unbranched alkanes of at least 4 members (excludes halogenated alkanes) is 3. The third-order valence-electron chi connectivity index (χ3n) is 10.6. The maximum Gasteiger partial charge on any atom is 0.437 e. The molecule has 330 valence electrons. The Kier molecular flexibility index (Phi) is 16.4. The predicted molar refractivity (Wildman–Crippen MR) is 218 cm³/mol. The van der Waals surface area contributed by atoms with Gasteiger partial charge in [-0.3, -0.25) is 5.32 Å². The van der Waals surface area contributed by atoms with Crippen LogP contribution in [0.25, 0.3) is 0 Å². The molecular formula is C40H69N7O10S. The number of hydrogen-bond donors (Lipinski definition) is 2. The van der Waals surface area contributed by atoms with Crippen LogP contribution < -0.4 is 10.6 Å². The number of nitrogens with zero attached hydrogens (tertiary/aromatic N) is 5. The molecular weight excluding hydrogens is 771 g/mol. The molecule has 18 heteroatoms. The summed E-state index contributed by atoms with van der Waals surface area (Å²) in [5.41, 5.74) is -1.43. The van der Waals surface area contributed by atoms with Gasteiger partial charge >= 0.3 is 28.6 Å². The third-order valence-corrected chi connectivity index (χ3v) is 11.3. The molecule has 2 atom stereocenters. The number of hydroxylamine groups is 4. The molecule has 1 aliphatic carbocycles. The van der Waals surface area contributed by atoms with Crippen LogP contribution in [0.3, 0.4) is 0 Å². The maximum absolute atomic E-state index is 13.8. The molecule has 0 spiro atoms. The molecule has 58 heavy (non-hydrogen) atoms. The number of nitrogens with one attached hydrogen (secondary N) is 2. The van der Waals surface area contributed by atoms with Gasteiger partial charge in [-0.05, 0) is 92.9 Å². The Morgan fingerprint density at radius 1 is 0.931 bits per heavy atom. The second-order valence-electron chi connectivity index (χ2n) is 17.9. The lowest BCUT2D eigenvalue weighted by Crippen LogP contribution is -2.51. The first-order chi connectivity index (χ1) is 27.2. The summed E-state index contributed by atoms with van der Waals surface area (Å²) >= 11 is 0. The summed E-state index contributed by atoms with van der Waals surface area (Å²) in [5.74, 6) is 0.516. The van der Waals surface area contributed by atoms with Crippen molar-refractivity contribution in [2.24, 2.45) is 4.99 Å². The summed E-state index contributed by atoms with van der Waals surface area (Å²) in [6.45, 7) is 19.5. The predicted octanol–water partition coefficient (Wildman–Crippen LogP) is 8.40. The Hall–Kier alpha value is -3.48. The minimum Gasteiger partial charge on any atom is -0.444 e. The lowest BCUT2D eigenvalue weighted by Gasteiger charge is -2.43. The van der Waals surface area contributed by atoms with Crippen LogP contribution >= 0.6 is 0 Å². The largest absolute Gasteiger partial charge is 0.444 e. The fourth-order valence-electron chi connectivity index (χ4n) is 7.83. The van der Waals surface area contributed by atoms with Crippen LogP contribution in [0.4, 0.5) is 14.4 Å². The monoisotopic (exact) mass is 839 g/mol. The van der Waals surface area contributed by atoms with E-state index >= 15 is 0 Å². The Bertz CT molecular complexity index is 1660. The van der Waals surface area contributed by atoms with Gasteiger partial charge in [0, 0.05) is 36.7 Å². The van der Waals surface area contributed by atoms with Crippen molar-refractivity contribution in [1.82, 2.24) is 30.8 Å². The minimum absolute atomic E-state index is 0.0269. The maximum atomic E-state index is 13.8. The van der Waals surface area contributed by atoms with Crippen molar-refractivity contribution in [3.8, 4) is 0 Å². The van der Waals surface area contributed by atoms with E-state index in [9.17, 15) is 22.8 Å². The van der Waals surface area contributed by atoms with Gasteiger partial charge in [0.2, 0.25) is 5.96 Å². The number of piperidine rings is 1. The lowest BCUT2D eigenvalue weighted by molar-refractivity contribution is -0.172. The summed E-state index contributed by atoms with van der Waals surface area (Å²) in [6.07, 6.45) is 9.33. The van der Waals surface area contributed by atoms with E-state index in [1.807, 2.05) is 6.07 Å². The summed E-state index contributed by atoms with van der Waals surface area (Å²) < 4.78 is 55.2. The van der Waals surface area contributed by atoms with Crippen molar-refractivity contribution in [2.45, 2.75) is 200 Å². The second kappa shape index (κ2) is 20.2. The quantitative estimate of drug-likeness (QED) is 0.0767. The van der Waals surface area contributed by atoms with Crippen molar-refractivity contribution in [3.63, 3.8) is 0 Å². The molecule has 17 nitrogen and oxygen atoms in total. The zero-order valence-corrected chi connectivity index (χ0v) is 37.2. The van der Waals surface area contributed by atoms with Crippen LogP contribution in [-0.2, 0) is 28.4 Å². The number of carbonyl (C=O) groups is 3. The van der Waals surface area contributed by atoms with Crippen molar-refractivity contribution < 1.29 is 45.4 Å². The van der Waals surface area contributed by atoms with Gasteiger partial charge in [-0.1, -0.05) is 71.4 Å². The van der Waals surface area contributed by atoms with Gasteiger partial charge < -0.3 is 24.2 Å². The van der Waals surface area contributed by atoms with E-state index in [0.29, 0.717) is 43.7 Å². The number of amides is 4. The van der Waals surface area contributed by atoms with Crippen molar-refractivity contribution in [1.29, 1.82) is 0 Å². The molecule has 1 aromatic heterocycles. The number of ether oxygens (including phenoxy) is 2. The van der Waals surface area contributed by atoms with E-state index in [1.54, 1.807) is 51.5 Å². The van der Waals surface area contributed by atoms with E-state index in [0.717, 1.165) is 69.3 Å². The van der Waals surface area contributed by atoms with Gasteiger partial charge in [0.1, 0.15) is 22.7 Å². The topological polar surface area (TPSA) is 194 Å². The van der Waals surface area contributed by atoms with Crippen LogP contribution in [0, 0.1) is 0 Å². The van der Waals surface area contributed by atoms with Crippen LogP contribution in [0.1, 0.15) is 183 Å². The van der Waals surface area contributed by atoms with E-state index in [1.165, 1.54) is 0 Å². The van der Waals surface area contributed by atoms with Gasteiger partial charge in [0.05, 0.1) is 12.1 Å². The minimum atomic E-state index is -4.65. The molecule has 1 aromatic rings. The van der Waals surface area contributed by atoms with Crippen molar-refractivity contribution in [2.75, 3.05) is 13.1 Å². The first-order valence-corrected chi connectivity index (χ1v) is 22.6. The lowest BCUT2D eigenvalue weighted by atomic mass is 9.78. The Balaban J connectivity index is 1.40. The zero-order chi connectivity index (χ0) is 42.9. The molecule has 4 amide bonds. The first-order valence-electron chi connectivity index (χ1n) is 21.3. The second-order valence-corrected chi connectivity index (χ2v) is 19.0. The van der Waals surface area contributed by atoms with Gasteiger partial charge in [-0.25, -0.2) is 14.4 Å². The molecule has 4 rings (SSSR count). The number of guanidine groups is 1. The highest BCUT2D eigenvalue weighted by atomic mass is 32.3. The van der Waals surface area contributed by atoms with Gasteiger partial charge in [-0.2, -0.15) is 22.8 Å². The molecule has 3 fully saturated rings. The van der Waals surface area contributed by atoms with Crippen LogP contribution in [0.5, 0.6) is 0 Å². The number of hydrogen-bond acceptors (Lipinski definition) is 12. The summed E-state index contributed by atoms with van der Waals surface area (Å²) in [6, 6.07) is 0.205. The number of alkyl carbamates (subject to hydrolysis) is 1. The molecule has 3 heterocycles. The van der Waals surface area contributed by atoms with Crippen LogP contribution in [0.15, 0.2) is 15.6 Å². The summed E-state index contributed by atoms with van der Waals surface area (Å²) in [5, 5.41) is 12.6. The fraction of sp³-hybridized carbons (Fsp3) is 0.825. The van der Waals surface area contributed by atoms with E-state index in [4.69, 9.17) is 22.6 Å². The van der Waals surface area contributed by atoms with E-state index in [-0.39, 0.29) is 24.5 Å². The molecule has 3 aliphatic rings. The first kappa shape index (κ1) is 47.2. The van der Waals surface area contributed by atoms with Gasteiger partial charge in [0.15, 0.2) is 0 Å². The molecule has 1 saturated carbocycles. The van der Waals surface area contributed by atoms with E-state index in [2.05, 4.69) is 48.5 Å². The zero-order valence-electron chi connectivity index (χ0n) is 36.4. The molecule has 0 aromatic carbocycles. The van der Waals surface area contributed by atoms with Crippen molar-refractivity contribution in [3.05, 3.63) is 17.5 Å². The molecule has 2 saturated heterocycles. The molecule has 2 bridgehead atoms. The van der Waals surface area contributed by atoms with Crippen molar-refractivity contribution >= 4 is 34.6 Å². The number of aromatic nitrogens is 1. The fourth-order valence-corrected chi connectivity index (χ4v) is 8.69. The number of fused-ring (bicyclic) bond motifs is 2. The molecule has 0 unspecified atom stereocenters. The van der Waals surface area contributed by atoms with Gasteiger partial charge in [0.25, 0.3) is 0 Å². The number of carbonyl (C=O) groups excluding carboxylic acids is 3. The Morgan fingerprint density at radius 3 is 2.16 bits per heavy atom. The number of rotatable bonds is 19. The number of aliphatic imine (C=N–C) groups is 1. The molecule has 2 aliphatic heterocycles. The van der Waals surface area contributed by atoms with Crippen LogP contribution in [0.2, 0.25) is 0 Å². The molecule has 0 radical (unpaired) electrons. The average Bonchev–Trinajstić information content (AvgIpc) is 3.67. The van der Waals surface area contributed by atoms with Crippen LogP contribution in [-0.4, -0.2) is 94.7 Å².